The number of anilines is 2. The Kier molecular flexibility index (Phi) is 7.03. The molecule has 196 valence electrons. The maximum Gasteiger partial charge on any atom is 0.362 e. The summed E-state index contributed by atoms with van der Waals surface area (Å²) in [5.41, 5.74) is 10.2. The van der Waals surface area contributed by atoms with Gasteiger partial charge in [0.1, 0.15) is 35.4 Å². The van der Waals surface area contributed by atoms with E-state index in [9.17, 15) is 19.8 Å². The van der Waals surface area contributed by atoms with E-state index in [2.05, 4.69) is 20.6 Å². The zero-order valence-corrected chi connectivity index (χ0v) is 20.8. The van der Waals surface area contributed by atoms with Crippen molar-refractivity contribution in [3.63, 3.8) is 0 Å². The van der Waals surface area contributed by atoms with Crippen molar-refractivity contribution in [2.75, 3.05) is 30.7 Å². The van der Waals surface area contributed by atoms with Crippen LogP contribution >= 0.6 is 0 Å². The van der Waals surface area contributed by atoms with E-state index < -0.39 is 18.4 Å². The maximum atomic E-state index is 12.2. The normalized spacial score (nSPS) is 19.0. The molecule has 3 aromatic rings. The van der Waals surface area contributed by atoms with Crippen molar-refractivity contribution in [2.45, 2.75) is 31.8 Å². The molecule has 0 aliphatic carbocycles. The lowest BCUT2D eigenvalue weighted by Crippen LogP contribution is -2.58. The molecule has 0 saturated carbocycles. The number of aromatic nitrogens is 2. The summed E-state index contributed by atoms with van der Waals surface area (Å²) in [6.45, 7) is 1.77. The summed E-state index contributed by atoms with van der Waals surface area (Å²) >= 11 is 0. The summed E-state index contributed by atoms with van der Waals surface area (Å²) in [7, 11) is 0. The minimum absolute atomic E-state index is 0.0347. The molecule has 1 aromatic heterocycles. The smallest absolute Gasteiger partial charge is 0.362 e. The van der Waals surface area contributed by atoms with Crippen LogP contribution in [-0.4, -0.2) is 63.5 Å². The number of nitrogen functional groups attached to an aromatic ring is 1. The van der Waals surface area contributed by atoms with Gasteiger partial charge >= 0.3 is 11.9 Å². The van der Waals surface area contributed by atoms with E-state index in [4.69, 9.17) is 10.8 Å². The fourth-order valence-corrected chi connectivity index (χ4v) is 5.19. The van der Waals surface area contributed by atoms with Crippen LogP contribution in [0.3, 0.4) is 0 Å². The van der Waals surface area contributed by atoms with E-state index >= 15 is 0 Å². The van der Waals surface area contributed by atoms with Crippen molar-refractivity contribution in [3.05, 3.63) is 77.1 Å². The van der Waals surface area contributed by atoms with Gasteiger partial charge in [-0.25, -0.2) is 9.78 Å². The van der Waals surface area contributed by atoms with Crippen molar-refractivity contribution in [1.29, 1.82) is 0 Å². The highest BCUT2D eigenvalue weighted by molar-refractivity contribution is 6.20. The van der Waals surface area contributed by atoms with Gasteiger partial charge in [0, 0.05) is 43.7 Å². The van der Waals surface area contributed by atoms with Gasteiger partial charge in [-0.1, -0.05) is 47.6 Å². The minimum Gasteiger partial charge on any atom is -0.481 e. The van der Waals surface area contributed by atoms with E-state index in [1.54, 1.807) is 0 Å². The van der Waals surface area contributed by atoms with Gasteiger partial charge < -0.3 is 26.6 Å². The van der Waals surface area contributed by atoms with Crippen molar-refractivity contribution >= 4 is 35.0 Å². The summed E-state index contributed by atoms with van der Waals surface area (Å²) in [5, 5.41) is 31.0. The van der Waals surface area contributed by atoms with Crippen LogP contribution in [0, 0.1) is 0 Å². The molecule has 0 spiro atoms. The Labute approximate surface area is 219 Å². The second-order valence-electron chi connectivity index (χ2n) is 9.52. The molecule has 5 rings (SSSR count). The van der Waals surface area contributed by atoms with Gasteiger partial charge in [0.05, 0.1) is 0 Å². The Balaban J connectivity index is 1.56. The van der Waals surface area contributed by atoms with Gasteiger partial charge in [-0.15, -0.1) is 4.59 Å². The second kappa shape index (κ2) is 10.6. The Morgan fingerprint density at radius 3 is 2.37 bits per heavy atom. The quantitative estimate of drug-likeness (QED) is 0.268. The first-order valence-electron chi connectivity index (χ1n) is 12.5. The third-order valence-electron chi connectivity index (χ3n) is 6.94. The lowest BCUT2D eigenvalue weighted by Gasteiger charge is -2.36. The van der Waals surface area contributed by atoms with E-state index in [1.807, 2.05) is 54.6 Å². The number of hydrogen-bond acceptors (Lipinski definition) is 8. The molecule has 2 aromatic carbocycles. The third kappa shape index (κ3) is 5.06. The number of nitrogens with one attached hydrogen (secondary N) is 2. The van der Waals surface area contributed by atoms with Crippen molar-refractivity contribution in [1.82, 2.24) is 19.9 Å². The monoisotopic (exact) mass is 516 g/mol. The molecule has 38 heavy (non-hydrogen) atoms. The van der Waals surface area contributed by atoms with Crippen molar-refractivity contribution in [2.24, 2.45) is 5.10 Å². The molecule has 2 aliphatic heterocycles. The van der Waals surface area contributed by atoms with E-state index in [0.717, 1.165) is 29.9 Å². The molecule has 6 N–H and O–H groups in total. The van der Waals surface area contributed by atoms with Crippen LogP contribution in [0.15, 0.2) is 59.7 Å². The fraction of sp³-hybridized carbons (Fsp3) is 0.296. The molecule has 3 heterocycles. The molecule has 0 radical (unpaired) electrons. The molecular weight excluding hydrogens is 486 g/mol. The fourth-order valence-electron chi connectivity index (χ4n) is 5.19. The van der Waals surface area contributed by atoms with Crippen LogP contribution in [0.1, 0.15) is 35.4 Å². The topological polar surface area (TPSA) is 163 Å². The van der Waals surface area contributed by atoms with Gasteiger partial charge in [-0.05, 0) is 17.7 Å². The third-order valence-corrected chi connectivity index (χ3v) is 6.94. The van der Waals surface area contributed by atoms with Crippen LogP contribution < -0.4 is 21.0 Å². The molecule has 1 atom stereocenters. The number of fused-ring (bicyclic) bond motifs is 1. The molecule has 1 saturated heterocycles. The van der Waals surface area contributed by atoms with Gasteiger partial charge in [0.2, 0.25) is 6.54 Å². The number of quaternary nitrogens is 1. The number of benzene rings is 2. The molecule has 1 fully saturated rings. The number of carbonyl (C=O) groups is 2. The van der Waals surface area contributed by atoms with E-state index in [0.29, 0.717) is 36.5 Å². The van der Waals surface area contributed by atoms with Crippen LogP contribution in [0.4, 0.5) is 17.3 Å². The van der Waals surface area contributed by atoms with Crippen LogP contribution in [0.5, 0.6) is 0 Å². The average molecular weight is 517 g/mol. The number of aliphatic carboxylic acids is 2. The second-order valence-corrected chi connectivity index (χ2v) is 9.52. The van der Waals surface area contributed by atoms with E-state index in [-0.39, 0.29) is 28.8 Å². The Morgan fingerprint density at radius 2 is 1.71 bits per heavy atom. The number of hydrogen-bond donors (Lipinski definition) is 5. The highest BCUT2D eigenvalue weighted by Gasteiger charge is 2.52. The van der Waals surface area contributed by atoms with Crippen molar-refractivity contribution in [3.8, 4) is 0 Å². The number of piperidine rings is 1. The molecule has 1 unspecified atom stereocenters. The number of rotatable bonds is 9. The Hall–Kier alpha value is -4.35. The molecular formula is C27H30N7O4+. The van der Waals surface area contributed by atoms with Crippen molar-refractivity contribution < 1.29 is 19.8 Å². The first kappa shape index (κ1) is 25.3. The Morgan fingerprint density at radius 1 is 1.00 bits per heavy atom. The number of carboxylic acids is 2. The summed E-state index contributed by atoms with van der Waals surface area (Å²) < 4.78 is -0.269. The SMILES string of the molecule is Nc1nc(CC(=O)O)nc2c1C(c1ccc(NCc3ccccc3)cc1)=N[N+]2(CC(=O)O)C1CCNCC1. The average Bonchev–Trinajstić information content (AvgIpc) is 3.23. The predicted octanol–water partition coefficient (Wildman–Crippen LogP) is 2.21. The van der Waals surface area contributed by atoms with Gasteiger partial charge in [0.25, 0.3) is 5.82 Å². The lowest BCUT2D eigenvalue weighted by molar-refractivity contribution is -0.139. The van der Waals surface area contributed by atoms with Gasteiger partial charge in [0.15, 0.2) is 0 Å². The molecule has 11 heteroatoms. The highest BCUT2D eigenvalue weighted by Crippen LogP contribution is 2.42. The first-order chi connectivity index (χ1) is 18.4. The van der Waals surface area contributed by atoms with Gasteiger partial charge in [-0.3, -0.25) is 4.79 Å². The summed E-state index contributed by atoms with van der Waals surface area (Å²) in [5.74, 6) is -1.65. The molecule has 0 bridgehead atoms. The largest absolute Gasteiger partial charge is 0.481 e. The summed E-state index contributed by atoms with van der Waals surface area (Å²) in [4.78, 5) is 32.4. The number of nitrogens with two attached hydrogens (primary N) is 1. The number of nitrogens with zero attached hydrogens (tertiary/aromatic N) is 4. The molecule has 0 amide bonds. The predicted molar refractivity (Wildman–Crippen MR) is 144 cm³/mol. The summed E-state index contributed by atoms with van der Waals surface area (Å²) in [6, 6.07) is 17.6. The van der Waals surface area contributed by atoms with Crippen LogP contribution in [0.2, 0.25) is 0 Å². The molecule has 11 nitrogen and oxygen atoms in total. The van der Waals surface area contributed by atoms with E-state index in [1.165, 1.54) is 0 Å². The maximum absolute atomic E-state index is 12.2. The van der Waals surface area contributed by atoms with Crippen LogP contribution in [-0.2, 0) is 22.6 Å². The Bertz CT molecular complexity index is 1370. The highest BCUT2D eigenvalue weighted by atomic mass is 16.4. The number of carboxylic acid groups (broad SMARTS) is 2. The first-order valence-corrected chi connectivity index (χ1v) is 12.5. The summed E-state index contributed by atoms with van der Waals surface area (Å²) in [6.07, 6.45) is 0.946. The van der Waals surface area contributed by atoms with Gasteiger partial charge in [-0.2, -0.15) is 4.98 Å². The zero-order chi connectivity index (χ0) is 26.7. The minimum atomic E-state index is -1.10. The molecule has 2 aliphatic rings. The standard InChI is InChI=1S/C27H29N7O4/c28-26-24-25(18-6-8-19(9-7-18)30-15-17-4-2-1-3-5-17)33-34(16-23(37)38,20-10-12-29-13-11-20)27(24)32-21(31-26)14-22(35)36/h1-9,20,29H,10-16H2,(H4-,28,30,31,32,33,35,36,37,38)/p+1. The lowest BCUT2D eigenvalue weighted by atomic mass is 10.0. The van der Waals surface area contributed by atoms with Crippen LogP contribution in [0.25, 0.3) is 0 Å². The zero-order valence-electron chi connectivity index (χ0n) is 20.8.